The summed E-state index contributed by atoms with van der Waals surface area (Å²) in [6.07, 6.45) is 3.35. The van der Waals surface area contributed by atoms with E-state index in [1.165, 1.54) is 82.3 Å². The van der Waals surface area contributed by atoms with Crippen LogP contribution in [0.15, 0.2) is 195 Å². The molecule has 266 valence electrons. The first-order chi connectivity index (χ1) is 28.2. The van der Waals surface area contributed by atoms with Gasteiger partial charge in [0.15, 0.2) is 0 Å². The largest absolute Gasteiger partial charge is 0.309 e. The monoisotopic (exact) mass is 724 g/mol. The molecule has 0 aliphatic heterocycles. The maximum Gasteiger partial charge on any atom is 0.0550 e. The molecule has 1 aromatic heterocycles. The lowest BCUT2D eigenvalue weighted by atomic mass is 9.83. The second kappa shape index (κ2) is 13.0. The molecular weight excluding hydrogens is 689 g/mol. The van der Waals surface area contributed by atoms with Crippen molar-refractivity contribution in [1.29, 1.82) is 5.41 Å². The average Bonchev–Trinajstić information content (AvgIpc) is 3.60. The fraction of sp³-hybridized carbons (Fsp3) is 0. The third-order valence-corrected chi connectivity index (χ3v) is 11.8. The van der Waals surface area contributed by atoms with Crippen molar-refractivity contribution in [2.75, 3.05) is 0 Å². The van der Waals surface area contributed by atoms with Gasteiger partial charge in [0, 0.05) is 22.9 Å². The third-order valence-electron chi connectivity index (χ3n) is 11.8. The van der Waals surface area contributed by atoms with Crippen LogP contribution in [0.4, 0.5) is 0 Å². The molecule has 0 fully saturated rings. The van der Waals surface area contributed by atoms with Crippen LogP contribution in [0, 0.1) is 5.41 Å². The quantitative estimate of drug-likeness (QED) is 0.131. The summed E-state index contributed by atoms with van der Waals surface area (Å²) in [5.41, 5.74) is 11.0. The topological polar surface area (TPSA) is 28.8 Å². The average molecular weight is 725 g/mol. The minimum atomic E-state index is 0.858. The maximum atomic E-state index is 8.60. The van der Waals surface area contributed by atoms with Crippen molar-refractivity contribution in [3.8, 4) is 39.1 Å². The van der Waals surface area contributed by atoms with Crippen molar-refractivity contribution in [2.45, 2.75) is 0 Å². The van der Waals surface area contributed by atoms with E-state index in [0.29, 0.717) is 0 Å². The number of hydrogen-bond donors (Lipinski definition) is 1. The molecule has 0 saturated carbocycles. The highest BCUT2D eigenvalue weighted by Gasteiger charge is 2.21. The normalized spacial score (nSPS) is 11.6. The van der Waals surface area contributed by atoms with Gasteiger partial charge in [-0.2, -0.15) is 0 Å². The molecule has 11 aromatic rings. The molecule has 2 heteroatoms. The first kappa shape index (κ1) is 32.8. The maximum absolute atomic E-state index is 8.60. The number of nitrogens with one attached hydrogen (secondary N) is 1. The lowest BCUT2D eigenvalue weighted by molar-refractivity contribution is 1.11. The molecule has 10 aromatic carbocycles. The Hall–Kier alpha value is -7.55. The zero-order chi connectivity index (χ0) is 38.0. The summed E-state index contributed by atoms with van der Waals surface area (Å²) in [6.45, 7) is 4.21. The molecule has 1 N–H and O–H groups in total. The lowest BCUT2D eigenvalue weighted by Crippen LogP contribution is -1.97. The smallest absolute Gasteiger partial charge is 0.0550 e. The van der Waals surface area contributed by atoms with Gasteiger partial charge < -0.3 is 9.98 Å². The van der Waals surface area contributed by atoms with Gasteiger partial charge in [-0.05, 0) is 124 Å². The van der Waals surface area contributed by atoms with E-state index in [0.717, 1.165) is 39.0 Å². The van der Waals surface area contributed by atoms with Gasteiger partial charge in [-0.3, -0.25) is 0 Å². The van der Waals surface area contributed by atoms with Gasteiger partial charge in [0.05, 0.1) is 11.2 Å². The molecule has 0 bridgehead atoms. The molecule has 0 spiro atoms. The summed E-state index contributed by atoms with van der Waals surface area (Å²) < 4.78 is 2.24. The minimum Gasteiger partial charge on any atom is -0.309 e. The molecule has 0 aliphatic carbocycles. The van der Waals surface area contributed by atoms with Crippen molar-refractivity contribution < 1.29 is 0 Å². The molecule has 0 saturated heterocycles. The van der Waals surface area contributed by atoms with E-state index in [4.69, 9.17) is 5.41 Å². The predicted molar refractivity (Wildman–Crippen MR) is 245 cm³/mol. The second-order valence-corrected chi connectivity index (χ2v) is 14.9. The van der Waals surface area contributed by atoms with E-state index in [1.807, 2.05) is 6.08 Å². The molecule has 11 rings (SSSR count). The molecule has 0 aliphatic rings. The summed E-state index contributed by atoms with van der Waals surface area (Å²) >= 11 is 0. The van der Waals surface area contributed by atoms with Crippen LogP contribution in [0.1, 0.15) is 11.3 Å². The van der Waals surface area contributed by atoms with Crippen molar-refractivity contribution in [2.24, 2.45) is 0 Å². The van der Waals surface area contributed by atoms with Gasteiger partial charge >= 0.3 is 0 Å². The highest BCUT2D eigenvalue weighted by atomic mass is 15.0. The third kappa shape index (κ3) is 5.08. The van der Waals surface area contributed by atoms with Crippen molar-refractivity contribution in [3.63, 3.8) is 0 Å². The number of fused-ring (bicyclic) bond motifs is 6. The van der Waals surface area contributed by atoms with E-state index in [9.17, 15) is 0 Å². The first-order valence-corrected chi connectivity index (χ1v) is 19.5. The van der Waals surface area contributed by atoms with Crippen molar-refractivity contribution >= 4 is 77.1 Å². The van der Waals surface area contributed by atoms with Crippen LogP contribution in [0.25, 0.3) is 110 Å². The van der Waals surface area contributed by atoms with E-state index < -0.39 is 0 Å². The Morgan fingerprint density at radius 2 is 0.912 bits per heavy atom. The zero-order valence-corrected chi connectivity index (χ0v) is 31.2. The molecule has 0 unspecified atom stereocenters. The Morgan fingerprint density at radius 3 is 1.54 bits per heavy atom. The number of rotatable bonds is 6. The summed E-state index contributed by atoms with van der Waals surface area (Å²) in [5, 5.41) is 21.8. The van der Waals surface area contributed by atoms with Crippen LogP contribution in [0.2, 0.25) is 0 Å². The van der Waals surface area contributed by atoms with Crippen molar-refractivity contribution in [1.82, 2.24) is 4.57 Å². The molecule has 0 atom stereocenters. The SMILES string of the molecule is C=Cc1c(C=N)c2cc(-c3ccc4c(-c5cccc6ccccc56)c5ccccc5c(-c5cccc6ccccc56)c4c3)ccc2n1-c1ccc2ccccc2c1. The Balaban J connectivity index is 1.21. The summed E-state index contributed by atoms with van der Waals surface area (Å²) in [7, 11) is 0. The zero-order valence-electron chi connectivity index (χ0n) is 31.2. The van der Waals surface area contributed by atoms with Gasteiger partial charge in [0.1, 0.15) is 0 Å². The van der Waals surface area contributed by atoms with E-state index in [1.54, 1.807) is 0 Å². The van der Waals surface area contributed by atoms with Crippen LogP contribution in [-0.4, -0.2) is 10.8 Å². The first-order valence-electron chi connectivity index (χ1n) is 19.5. The van der Waals surface area contributed by atoms with Crippen LogP contribution in [0.5, 0.6) is 0 Å². The van der Waals surface area contributed by atoms with Gasteiger partial charge in [0.2, 0.25) is 0 Å². The van der Waals surface area contributed by atoms with E-state index >= 15 is 0 Å². The molecule has 0 radical (unpaired) electrons. The fourth-order valence-electron chi connectivity index (χ4n) is 9.29. The highest BCUT2D eigenvalue weighted by molar-refractivity contribution is 6.25. The molecule has 1 heterocycles. The second-order valence-electron chi connectivity index (χ2n) is 14.9. The summed E-state index contributed by atoms with van der Waals surface area (Å²) in [6, 6.07) is 68.4. The standard InChI is InChI=1S/C55H36N2/c1-2-52-51(34-56)49-32-40(27-30-53(49)57(52)41-28-25-35-13-3-4-16-38(35)31-41)39-26-29-48-50(33-39)55(45-24-12-18-37-15-6-8-20-43(37)45)47-22-10-9-21-46(47)54(48)44-23-11-17-36-14-5-7-19-42(36)44/h2-34,56H,1H2. The Kier molecular flexibility index (Phi) is 7.52. The molecule has 0 amide bonds. The minimum absolute atomic E-state index is 0.858. The number of nitrogens with zero attached hydrogens (tertiary/aromatic N) is 1. The van der Waals surface area contributed by atoms with Crippen LogP contribution < -0.4 is 0 Å². The Bertz CT molecular complexity index is 3440. The number of hydrogen-bond acceptors (Lipinski definition) is 1. The molecule has 2 nitrogen and oxygen atoms in total. The summed E-state index contributed by atoms with van der Waals surface area (Å²) in [4.78, 5) is 0. The van der Waals surface area contributed by atoms with E-state index in [-0.39, 0.29) is 0 Å². The van der Waals surface area contributed by atoms with Gasteiger partial charge in [-0.1, -0.05) is 164 Å². The Labute approximate surface area is 330 Å². The summed E-state index contributed by atoms with van der Waals surface area (Å²) in [5.74, 6) is 0. The van der Waals surface area contributed by atoms with E-state index in [2.05, 4.69) is 199 Å². The van der Waals surface area contributed by atoms with Gasteiger partial charge in [-0.15, -0.1) is 0 Å². The molecule has 57 heavy (non-hydrogen) atoms. The Morgan fingerprint density at radius 1 is 0.404 bits per heavy atom. The van der Waals surface area contributed by atoms with Crippen molar-refractivity contribution in [3.05, 3.63) is 206 Å². The van der Waals surface area contributed by atoms with Crippen LogP contribution >= 0.6 is 0 Å². The molecular formula is C55H36N2. The predicted octanol–water partition coefficient (Wildman–Crippen LogP) is 15.0. The van der Waals surface area contributed by atoms with Gasteiger partial charge in [0.25, 0.3) is 0 Å². The fourth-order valence-corrected chi connectivity index (χ4v) is 9.29. The van der Waals surface area contributed by atoms with Crippen LogP contribution in [-0.2, 0) is 0 Å². The van der Waals surface area contributed by atoms with Gasteiger partial charge in [-0.25, -0.2) is 0 Å². The van der Waals surface area contributed by atoms with Crippen LogP contribution in [0.3, 0.4) is 0 Å². The highest BCUT2D eigenvalue weighted by Crippen LogP contribution is 2.48. The lowest BCUT2D eigenvalue weighted by Gasteiger charge is -2.20. The number of benzene rings is 10. The number of aromatic nitrogens is 1.